The molecule has 2 rings (SSSR count). The Morgan fingerprint density at radius 2 is 2.13 bits per heavy atom. The molecule has 0 saturated carbocycles. The lowest BCUT2D eigenvalue weighted by Gasteiger charge is -2.30. The van der Waals surface area contributed by atoms with Crippen molar-refractivity contribution in [2.45, 2.75) is 39.7 Å². The van der Waals surface area contributed by atoms with E-state index in [9.17, 15) is 0 Å². The third-order valence-corrected chi connectivity index (χ3v) is 4.58. The Balaban J connectivity index is 1.62. The van der Waals surface area contributed by atoms with Crippen molar-refractivity contribution >= 4 is 5.96 Å². The van der Waals surface area contributed by atoms with Crippen LogP contribution in [0.4, 0.5) is 0 Å². The van der Waals surface area contributed by atoms with Crippen LogP contribution in [0.5, 0.6) is 0 Å². The molecule has 5 nitrogen and oxygen atoms in total. The zero-order valence-electron chi connectivity index (χ0n) is 14.8. The number of hydrogen-bond donors (Lipinski definition) is 2. The maximum atomic E-state index is 4.40. The first kappa shape index (κ1) is 17.7. The summed E-state index contributed by atoms with van der Waals surface area (Å²) in [5.74, 6) is 1.75. The molecule has 0 aromatic carbocycles. The lowest BCUT2D eigenvalue weighted by Crippen LogP contribution is -2.39. The van der Waals surface area contributed by atoms with E-state index in [0.717, 1.165) is 30.5 Å². The van der Waals surface area contributed by atoms with Gasteiger partial charge in [-0.05, 0) is 63.4 Å². The molecule has 5 heteroatoms. The summed E-state index contributed by atoms with van der Waals surface area (Å²) >= 11 is 0. The minimum atomic E-state index is 0.705. The second-order valence-corrected chi connectivity index (χ2v) is 6.50. The van der Waals surface area contributed by atoms with E-state index in [-0.39, 0.29) is 0 Å². The molecule has 1 aromatic heterocycles. The van der Waals surface area contributed by atoms with Crippen LogP contribution in [0.3, 0.4) is 0 Å². The Hall–Kier alpha value is -1.62. The van der Waals surface area contributed by atoms with E-state index in [0.29, 0.717) is 6.54 Å². The van der Waals surface area contributed by atoms with Gasteiger partial charge in [0.1, 0.15) is 0 Å². The molecular formula is C18H31N5. The second-order valence-electron chi connectivity index (χ2n) is 6.50. The molecule has 23 heavy (non-hydrogen) atoms. The van der Waals surface area contributed by atoms with E-state index >= 15 is 0 Å². The Morgan fingerprint density at radius 1 is 1.35 bits per heavy atom. The molecule has 0 radical (unpaired) electrons. The van der Waals surface area contributed by atoms with Crippen molar-refractivity contribution in [3.05, 3.63) is 29.6 Å². The highest BCUT2D eigenvalue weighted by atomic mass is 15.2. The van der Waals surface area contributed by atoms with Crippen LogP contribution in [0.2, 0.25) is 0 Å². The Bertz CT molecular complexity index is 492. The first-order valence-electron chi connectivity index (χ1n) is 8.76. The second kappa shape index (κ2) is 9.50. The number of rotatable bonds is 6. The number of nitrogens with one attached hydrogen (secondary N) is 2. The van der Waals surface area contributed by atoms with Crippen molar-refractivity contribution in [3.8, 4) is 0 Å². The van der Waals surface area contributed by atoms with E-state index in [4.69, 9.17) is 0 Å². The Kier molecular flexibility index (Phi) is 7.33. The summed E-state index contributed by atoms with van der Waals surface area (Å²) in [7, 11) is 1.81. The third kappa shape index (κ3) is 6.18. The number of likely N-dealkylation sites (tertiary alicyclic amines) is 1. The molecule has 2 heterocycles. The topological polar surface area (TPSA) is 52.6 Å². The lowest BCUT2D eigenvalue weighted by atomic mass is 9.99. The van der Waals surface area contributed by atoms with Crippen molar-refractivity contribution in [2.75, 3.05) is 33.2 Å². The molecule has 0 amide bonds. The molecular weight excluding hydrogens is 286 g/mol. The van der Waals surface area contributed by atoms with Gasteiger partial charge < -0.3 is 15.5 Å². The van der Waals surface area contributed by atoms with E-state index in [1.54, 1.807) is 0 Å². The first-order chi connectivity index (χ1) is 11.2. The summed E-state index contributed by atoms with van der Waals surface area (Å²) in [4.78, 5) is 11.3. The number of aliphatic imine (C=N–C) groups is 1. The highest BCUT2D eigenvalue weighted by Gasteiger charge is 2.14. The number of pyridine rings is 1. The number of aromatic nitrogens is 1. The number of hydrogen-bond acceptors (Lipinski definition) is 3. The molecule has 0 atom stereocenters. The molecule has 1 saturated heterocycles. The van der Waals surface area contributed by atoms with Gasteiger partial charge in [-0.25, -0.2) is 0 Å². The maximum Gasteiger partial charge on any atom is 0.191 e. The van der Waals surface area contributed by atoms with Gasteiger partial charge in [0.05, 0.1) is 12.2 Å². The van der Waals surface area contributed by atoms with Gasteiger partial charge in [0.15, 0.2) is 5.96 Å². The standard InChI is InChI=1S/C18H31N5/c1-15-7-12-23(13-8-15)11-5-10-21-18(19-3)22-14-17-16(2)6-4-9-20-17/h4,6,9,15H,5,7-8,10-14H2,1-3H3,(H2,19,21,22). The molecule has 2 N–H and O–H groups in total. The molecule has 128 valence electrons. The molecule has 1 aliphatic heterocycles. The highest BCUT2D eigenvalue weighted by molar-refractivity contribution is 5.79. The predicted octanol–water partition coefficient (Wildman–Crippen LogP) is 2.18. The SMILES string of the molecule is CN=C(NCCCN1CCC(C)CC1)NCc1ncccc1C. The van der Waals surface area contributed by atoms with Crippen LogP contribution in [0.25, 0.3) is 0 Å². The number of piperidine rings is 1. The van der Waals surface area contributed by atoms with Gasteiger partial charge in [0.2, 0.25) is 0 Å². The molecule has 1 aliphatic rings. The van der Waals surface area contributed by atoms with E-state index in [2.05, 4.69) is 45.4 Å². The van der Waals surface area contributed by atoms with Crippen LogP contribution in [0.1, 0.15) is 37.4 Å². The van der Waals surface area contributed by atoms with Crippen molar-refractivity contribution in [1.82, 2.24) is 20.5 Å². The molecule has 0 bridgehead atoms. The minimum Gasteiger partial charge on any atom is -0.356 e. The molecule has 0 unspecified atom stereocenters. The largest absolute Gasteiger partial charge is 0.356 e. The van der Waals surface area contributed by atoms with Crippen molar-refractivity contribution in [2.24, 2.45) is 10.9 Å². The first-order valence-corrected chi connectivity index (χ1v) is 8.76. The Labute approximate surface area is 140 Å². The average molecular weight is 317 g/mol. The van der Waals surface area contributed by atoms with Crippen LogP contribution in [0, 0.1) is 12.8 Å². The van der Waals surface area contributed by atoms with Gasteiger partial charge in [0, 0.05) is 19.8 Å². The fourth-order valence-electron chi connectivity index (χ4n) is 2.89. The summed E-state index contributed by atoms with van der Waals surface area (Å²) in [6.45, 7) is 9.79. The summed E-state index contributed by atoms with van der Waals surface area (Å²) in [6.07, 6.45) is 5.68. The Morgan fingerprint density at radius 3 is 2.83 bits per heavy atom. The van der Waals surface area contributed by atoms with Crippen LogP contribution < -0.4 is 10.6 Å². The zero-order chi connectivity index (χ0) is 16.5. The van der Waals surface area contributed by atoms with E-state index < -0.39 is 0 Å². The predicted molar refractivity (Wildman–Crippen MR) is 96.6 cm³/mol. The van der Waals surface area contributed by atoms with Crippen LogP contribution in [-0.2, 0) is 6.54 Å². The number of guanidine groups is 1. The van der Waals surface area contributed by atoms with Gasteiger partial charge in [-0.2, -0.15) is 0 Å². The van der Waals surface area contributed by atoms with Gasteiger partial charge >= 0.3 is 0 Å². The summed E-state index contributed by atoms with van der Waals surface area (Å²) in [6, 6.07) is 4.05. The van der Waals surface area contributed by atoms with Gasteiger partial charge in [0.25, 0.3) is 0 Å². The number of nitrogens with zero attached hydrogens (tertiary/aromatic N) is 3. The normalized spacial score (nSPS) is 17.3. The van der Waals surface area contributed by atoms with Crippen molar-refractivity contribution in [3.63, 3.8) is 0 Å². The number of aryl methyl sites for hydroxylation is 1. The quantitative estimate of drug-likeness (QED) is 0.480. The van der Waals surface area contributed by atoms with Crippen molar-refractivity contribution in [1.29, 1.82) is 0 Å². The zero-order valence-corrected chi connectivity index (χ0v) is 14.8. The molecule has 1 aromatic rings. The third-order valence-electron chi connectivity index (χ3n) is 4.58. The summed E-state index contributed by atoms with van der Waals surface area (Å²) in [5.41, 5.74) is 2.27. The molecule has 1 fully saturated rings. The van der Waals surface area contributed by atoms with E-state index in [1.165, 1.54) is 38.0 Å². The monoisotopic (exact) mass is 317 g/mol. The molecule has 0 spiro atoms. The van der Waals surface area contributed by atoms with Crippen LogP contribution in [0.15, 0.2) is 23.3 Å². The fraction of sp³-hybridized carbons (Fsp3) is 0.667. The lowest BCUT2D eigenvalue weighted by molar-refractivity contribution is 0.191. The molecule has 0 aliphatic carbocycles. The summed E-state index contributed by atoms with van der Waals surface area (Å²) < 4.78 is 0. The highest BCUT2D eigenvalue weighted by Crippen LogP contribution is 2.15. The van der Waals surface area contributed by atoms with Crippen molar-refractivity contribution < 1.29 is 0 Å². The van der Waals surface area contributed by atoms with Gasteiger partial charge in [-0.3, -0.25) is 9.98 Å². The average Bonchev–Trinajstić information content (AvgIpc) is 2.57. The minimum absolute atomic E-state index is 0.705. The van der Waals surface area contributed by atoms with Gasteiger partial charge in [-0.1, -0.05) is 13.0 Å². The fourth-order valence-corrected chi connectivity index (χ4v) is 2.89. The van der Waals surface area contributed by atoms with Crippen LogP contribution >= 0.6 is 0 Å². The maximum absolute atomic E-state index is 4.40. The summed E-state index contributed by atoms with van der Waals surface area (Å²) in [5, 5.41) is 6.73. The van der Waals surface area contributed by atoms with Crippen LogP contribution in [-0.4, -0.2) is 49.1 Å². The van der Waals surface area contributed by atoms with E-state index in [1.807, 2.05) is 19.3 Å². The van der Waals surface area contributed by atoms with Gasteiger partial charge in [-0.15, -0.1) is 0 Å². The smallest absolute Gasteiger partial charge is 0.191 e.